The Morgan fingerprint density at radius 2 is 1.78 bits per heavy atom. The van der Waals surface area contributed by atoms with Crippen molar-refractivity contribution in [3.63, 3.8) is 0 Å². The lowest BCUT2D eigenvalue weighted by molar-refractivity contribution is 0.241. The van der Waals surface area contributed by atoms with Crippen molar-refractivity contribution >= 4 is 34.5 Å². The van der Waals surface area contributed by atoms with E-state index in [1.165, 1.54) is 5.57 Å². The number of hydrogen-bond acceptors (Lipinski definition) is 3. The molecular formula is C27H25Cl2NO2. The summed E-state index contributed by atoms with van der Waals surface area (Å²) in [5, 5.41) is 4.83. The zero-order chi connectivity index (χ0) is 22.6. The molecule has 3 nitrogen and oxygen atoms in total. The number of ether oxygens (including phenoxy) is 2. The van der Waals surface area contributed by atoms with Crippen LogP contribution in [0.3, 0.4) is 0 Å². The van der Waals surface area contributed by atoms with Crippen molar-refractivity contribution in [1.29, 1.82) is 0 Å². The first-order chi connectivity index (χ1) is 15.3. The summed E-state index contributed by atoms with van der Waals surface area (Å²) >= 11 is 12.8. The number of fused-ring (bicyclic) bond motifs is 5. The molecule has 0 bridgehead atoms. The van der Waals surface area contributed by atoms with E-state index in [0.717, 1.165) is 45.0 Å². The lowest BCUT2D eigenvalue weighted by Gasteiger charge is -2.37. The summed E-state index contributed by atoms with van der Waals surface area (Å²) in [6.45, 7) is 9.08. The van der Waals surface area contributed by atoms with Gasteiger partial charge in [0.1, 0.15) is 11.5 Å². The highest BCUT2D eigenvalue weighted by atomic mass is 35.5. The van der Waals surface area contributed by atoms with Crippen molar-refractivity contribution < 1.29 is 9.47 Å². The van der Waals surface area contributed by atoms with Gasteiger partial charge in [0.2, 0.25) is 0 Å². The lowest BCUT2D eigenvalue weighted by atomic mass is 9.80. The van der Waals surface area contributed by atoms with Crippen LogP contribution < -0.4 is 14.8 Å². The minimum Gasteiger partial charge on any atom is -0.493 e. The Hall–Kier alpha value is -2.62. The number of rotatable bonds is 3. The smallest absolute Gasteiger partial charge is 0.150 e. The number of benzene rings is 3. The maximum Gasteiger partial charge on any atom is 0.150 e. The van der Waals surface area contributed by atoms with Gasteiger partial charge in [-0.25, -0.2) is 0 Å². The fourth-order valence-corrected chi connectivity index (χ4v) is 5.48. The molecule has 32 heavy (non-hydrogen) atoms. The molecule has 0 aromatic heterocycles. The number of allylic oxidation sites excluding steroid dienone is 1. The molecule has 1 N–H and O–H groups in total. The molecule has 0 fully saturated rings. The van der Waals surface area contributed by atoms with E-state index in [9.17, 15) is 0 Å². The third-order valence-corrected chi connectivity index (χ3v) is 6.36. The second kappa shape index (κ2) is 7.75. The molecule has 2 aliphatic rings. The van der Waals surface area contributed by atoms with E-state index in [1.807, 2.05) is 37.3 Å². The maximum atomic E-state index is 6.66. The molecule has 0 aliphatic carbocycles. The fraction of sp³-hybridized carbons (Fsp3) is 0.259. The zero-order valence-corrected chi connectivity index (χ0v) is 20.1. The highest BCUT2D eigenvalue weighted by Gasteiger charge is 2.36. The van der Waals surface area contributed by atoms with E-state index in [4.69, 9.17) is 32.7 Å². The normalized spacial score (nSPS) is 17.8. The Bertz CT molecular complexity index is 1240. The molecule has 3 aromatic carbocycles. The zero-order valence-electron chi connectivity index (χ0n) is 18.6. The number of halogens is 2. The summed E-state index contributed by atoms with van der Waals surface area (Å²) in [5.74, 6) is 1.61. The highest BCUT2D eigenvalue weighted by molar-refractivity contribution is 6.34. The Kier molecular flexibility index (Phi) is 5.15. The van der Waals surface area contributed by atoms with Crippen molar-refractivity contribution in [1.82, 2.24) is 0 Å². The summed E-state index contributed by atoms with van der Waals surface area (Å²) in [4.78, 5) is 0. The van der Waals surface area contributed by atoms with Crippen LogP contribution in [-0.4, -0.2) is 12.1 Å². The van der Waals surface area contributed by atoms with E-state index in [2.05, 4.69) is 44.3 Å². The molecule has 5 rings (SSSR count). The van der Waals surface area contributed by atoms with Crippen LogP contribution >= 0.6 is 23.2 Å². The van der Waals surface area contributed by atoms with Crippen molar-refractivity contribution in [3.8, 4) is 22.6 Å². The Balaban J connectivity index is 1.83. The van der Waals surface area contributed by atoms with Gasteiger partial charge in [-0.05, 0) is 80.8 Å². The molecule has 5 heteroatoms. The number of nitrogens with one attached hydrogen (secondary N) is 1. The van der Waals surface area contributed by atoms with Crippen LogP contribution in [0.2, 0.25) is 10.0 Å². The molecule has 1 unspecified atom stereocenters. The first-order valence-corrected chi connectivity index (χ1v) is 11.6. The van der Waals surface area contributed by atoms with Gasteiger partial charge in [-0.2, -0.15) is 0 Å². The minimum atomic E-state index is -0.355. The second-order valence-electron chi connectivity index (χ2n) is 8.89. The first kappa shape index (κ1) is 21.2. The van der Waals surface area contributed by atoms with Crippen LogP contribution in [0.15, 0.2) is 54.6 Å². The molecule has 0 saturated heterocycles. The first-order valence-electron chi connectivity index (χ1n) is 10.8. The quantitative estimate of drug-likeness (QED) is 0.423. The molecule has 0 spiro atoms. The van der Waals surface area contributed by atoms with Crippen LogP contribution in [0.1, 0.15) is 50.5 Å². The maximum absolute atomic E-state index is 6.66. The third-order valence-electron chi connectivity index (χ3n) is 5.93. The Labute approximate surface area is 199 Å². The van der Waals surface area contributed by atoms with Crippen molar-refractivity contribution in [2.75, 3.05) is 11.9 Å². The van der Waals surface area contributed by atoms with Crippen LogP contribution in [0.5, 0.6) is 11.5 Å². The SMILES string of the molecule is CCOc1cccc2c1-c1ccc3c(c1C(c1cc(Cl)cc(Cl)c1)O2)C(C)=CC(C)(C)N3. The molecule has 164 valence electrons. The molecule has 2 aliphatic heterocycles. The Morgan fingerprint density at radius 1 is 1.03 bits per heavy atom. The van der Waals surface area contributed by atoms with Gasteiger partial charge in [0.15, 0.2) is 6.10 Å². The summed E-state index contributed by atoms with van der Waals surface area (Å²) in [5.41, 5.74) is 7.41. The molecule has 1 atom stereocenters. The average molecular weight is 466 g/mol. The highest BCUT2D eigenvalue weighted by Crippen LogP contribution is 2.53. The molecule has 3 aromatic rings. The van der Waals surface area contributed by atoms with Crippen LogP contribution in [-0.2, 0) is 0 Å². The van der Waals surface area contributed by atoms with Crippen molar-refractivity contribution in [3.05, 3.63) is 81.3 Å². The van der Waals surface area contributed by atoms with E-state index in [-0.39, 0.29) is 11.6 Å². The summed E-state index contributed by atoms with van der Waals surface area (Å²) in [6, 6.07) is 15.9. The standard InChI is InChI=1S/C27H25Cl2NO2/c1-5-31-21-7-6-8-22-24(21)19-9-10-20-23(15(2)14-27(3,4)30-20)25(19)26(32-22)16-11-17(28)13-18(29)12-16/h6-14,26,30H,5H2,1-4H3. The number of hydrogen-bond donors (Lipinski definition) is 1. The van der Waals surface area contributed by atoms with Gasteiger partial charge < -0.3 is 14.8 Å². The topological polar surface area (TPSA) is 30.5 Å². The summed E-state index contributed by atoms with van der Waals surface area (Å²) in [7, 11) is 0. The summed E-state index contributed by atoms with van der Waals surface area (Å²) in [6.07, 6.45) is 1.91. The monoisotopic (exact) mass is 465 g/mol. The molecule has 0 amide bonds. The van der Waals surface area contributed by atoms with E-state index in [1.54, 1.807) is 6.07 Å². The van der Waals surface area contributed by atoms with Gasteiger partial charge in [0, 0.05) is 26.9 Å². The molecular weight excluding hydrogens is 441 g/mol. The lowest BCUT2D eigenvalue weighted by Crippen LogP contribution is -2.32. The molecule has 0 radical (unpaired) electrons. The van der Waals surface area contributed by atoms with Gasteiger partial charge in [-0.3, -0.25) is 0 Å². The fourth-order valence-electron chi connectivity index (χ4n) is 4.93. The van der Waals surface area contributed by atoms with Gasteiger partial charge in [-0.15, -0.1) is 0 Å². The van der Waals surface area contributed by atoms with Gasteiger partial charge in [0.25, 0.3) is 0 Å². The second-order valence-corrected chi connectivity index (χ2v) is 9.76. The van der Waals surface area contributed by atoms with E-state index >= 15 is 0 Å². The third kappa shape index (κ3) is 3.54. The van der Waals surface area contributed by atoms with Crippen LogP contribution in [0.4, 0.5) is 5.69 Å². The molecule has 2 heterocycles. The minimum absolute atomic E-state index is 0.135. The van der Waals surface area contributed by atoms with Crippen LogP contribution in [0.25, 0.3) is 16.7 Å². The van der Waals surface area contributed by atoms with Crippen LogP contribution in [0, 0.1) is 0 Å². The van der Waals surface area contributed by atoms with E-state index < -0.39 is 0 Å². The predicted octanol–water partition coefficient (Wildman–Crippen LogP) is 8.15. The Morgan fingerprint density at radius 3 is 2.50 bits per heavy atom. The van der Waals surface area contributed by atoms with Gasteiger partial charge >= 0.3 is 0 Å². The predicted molar refractivity (Wildman–Crippen MR) is 133 cm³/mol. The number of anilines is 1. The average Bonchev–Trinajstić information content (AvgIpc) is 2.71. The van der Waals surface area contributed by atoms with Crippen molar-refractivity contribution in [2.24, 2.45) is 0 Å². The summed E-state index contributed by atoms with van der Waals surface area (Å²) < 4.78 is 12.6. The largest absolute Gasteiger partial charge is 0.493 e. The van der Waals surface area contributed by atoms with Gasteiger partial charge in [-0.1, -0.05) is 41.4 Å². The van der Waals surface area contributed by atoms with Gasteiger partial charge in [0.05, 0.1) is 17.7 Å². The van der Waals surface area contributed by atoms with E-state index in [0.29, 0.717) is 16.7 Å². The van der Waals surface area contributed by atoms with Crippen molar-refractivity contribution in [2.45, 2.75) is 39.3 Å². The molecule has 0 saturated carbocycles.